The van der Waals surface area contributed by atoms with Crippen molar-refractivity contribution in [2.75, 3.05) is 6.54 Å². The fourth-order valence-electron chi connectivity index (χ4n) is 3.08. The molecule has 2 aliphatic rings. The standard InChI is InChI=1S/C17H29N/c1-2-4-8-12-16(11-7-3-1)17-13-9-5-6-10-14-18-15-17/h11,15,18H,1-10,12-14H2/b16-11+,17-15+. The van der Waals surface area contributed by atoms with Crippen LogP contribution in [0.1, 0.15) is 77.0 Å². The minimum absolute atomic E-state index is 1.16. The highest BCUT2D eigenvalue weighted by atomic mass is 14.8. The molecule has 1 aliphatic heterocycles. The van der Waals surface area contributed by atoms with E-state index < -0.39 is 0 Å². The van der Waals surface area contributed by atoms with E-state index in [4.69, 9.17) is 0 Å². The van der Waals surface area contributed by atoms with E-state index in [0.717, 1.165) is 6.54 Å². The summed E-state index contributed by atoms with van der Waals surface area (Å²) in [5.74, 6) is 0. The van der Waals surface area contributed by atoms with Crippen molar-refractivity contribution in [3.63, 3.8) is 0 Å². The summed E-state index contributed by atoms with van der Waals surface area (Å²) in [5.41, 5.74) is 3.27. The molecule has 1 aliphatic carbocycles. The molecule has 102 valence electrons. The molecule has 0 unspecified atom stereocenters. The van der Waals surface area contributed by atoms with Crippen molar-refractivity contribution in [3.8, 4) is 0 Å². The largest absolute Gasteiger partial charge is 0.391 e. The molecule has 1 nitrogen and oxygen atoms in total. The van der Waals surface area contributed by atoms with Crippen LogP contribution in [0.2, 0.25) is 0 Å². The van der Waals surface area contributed by atoms with Crippen molar-refractivity contribution >= 4 is 0 Å². The Hall–Kier alpha value is -0.720. The highest BCUT2D eigenvalue weighted by Gasteiger charge is 2.08. The van der Waals surface area contributed by atoms with E-state index in [9.17, 15) is 0 Å². The third-order valence-electron chi connectivity index (χ3n) is 4.25. The van der Waals surface area contributed by atoms with Gasteiger partial charge in [-0.2, -0.15) is 0 Å². The lowest BCUT2D eigenvalue weighted by molar-refractivity contribution is 0.626. The molecular weight excluding hydrogens is 218 g/mol. The first-order chi connectivity index (χ1) is 8.97. The molecule has 0 aromatic heterocycles. The Morgan fingerprint density at radius 1 is 0.667 bits per heavy atom. The lowest BCUT2D eigenvalue weighted by atomic mass is 9.95. The number of rotatable bonds is 1. The first-order valence-electron chi connectivity index (χ1n) is 8.08. The molecule has 0 aromatic carbocycles. The van der Waals surface area contributed by atoms with Gasteiger partial charge in [0.15, 0.2) is 0 Å². The Morgan fingerprint density at radius 3 is 2.22 bits per heavy atom. The second-order valence-corrected chi connectivity index (χ2v) is 5.82. The summed E-state index contributed by atoms with van der Waals surface area (Å²) in [6.07, 6.45) is 21.4. The van der Waals surface area contributed by atoms with Crippen LogP contribution in [0.3, 0.4) is 0 Å². The zero-order chi connectivity index (χ0) is 12.5. The van der Waals surface area contributed by atoms with Gasteiger partial charge >= 0.3 is 0 Å². The average Bonchev–Trinajstić information content (AvgIpc) is 2.61. The van der Waals surface area contributed by atoms with Crippen molar-refractivity contribution in [3.05, 3.63) is 23.4 Å². The van der Waals surface area contributed by atoms with Gasteiger partial charge in [-0.1, -0.05) is 38.2 Å². The summed E-state index contributed by atoms with van der Waals surface area (Å²) < 4.78 is 0. The maximum atomic E-state index is 3.52. The van der Waals surface area contributed by atoms with Gasteiger partial charge in [0.2, 0.25) is 0 Å². The van der Waals surface area contributed by atoms with E-state index in [1.165, 1.54) is 77.0 Å². The molecule has 0 saturated carbocycles. The fourth-order valence-corrected chi connectivity index (χ4v) is 3.08. The van der Waals surface area contributed by atoms with Gasteiger partial charge in [-0.25, -0.2) is 0 Å². The molecule has 0 spiro atoms. The molecule has 1 heterocycles. The van der Waals surface area contributed by atoms with Gasteiger partial charge in [0.1, 0.15) is 0 Å². The third kappa shape index (κ3) is 4.88. The molecule has 1 heteroatoms. The van der Waals surface area contributed by atoms with Gasteiger partial charge in [-0.3, -0.25) is 0 Å². The van der Waals surface area contributed by atoms with E-state index in [1.54, 1.807) is 11.1 Å². The van der Waals surface area contributed by atoms with Crippen LogP contribution in [0, 0.1) is 0 Å². The molecule has 0 bridgehead atoms. The summed E-state index contributed by atoms with van der Waals surface area (Å²) in [6, 6.07) is 0. The predicted octanol–water partition coefficient (Wildman–Crippen LogP) is 5.09. The minimum Gasteiger partial charge on any atom is -0.391 e. The van der Waals surface area contributed by atoms with Gasteiger partial charge in [-0.15, -0.1) is 0 Å². The first kappa shape index (κ1) is 13.7. The van der Waals surface area contributed by atoms with Crippen molar-refractivity contribution < 1.29 is 0 Å². The van der Waals surface area contributed by atoms with Gasteiger partial charge in [0.25, 0.3) is 0 Å². The summed E-state index contributed by atoms with van der Waals surface area (Å²) in [5, 5.41) is 3.52. The van der Waals surface area contributed by atoms with Crippen LogP contribution in [0.4, 0.5) is 0 Å². The van der Waals surface area contributed by atoms with Crippen LogP contribution in [0.25, 0.3) is 0 Å². The zero-order valence-corrected chi connectivity index (χ0v) is 11.8. The Morgan fingerprint density at radius 2 is 1.33 bits per heavy atom. The fraction of sp³-hybridized carbons (Fsp3) is 0.765. The number of hydrogen-bond donors (Lipinski definition) is 1. The molecule has 0 atom stereocenters. The van der Waals surface area contributed by atoms with Crippen LogP contribution >= 0.6 is 0 Å². The number of nitrogens with one attached hydrogen (secondary N) is 1. The van der Waals surface area contributed by atoms with Crippen LogP contribution in [0.5, 0.6) is 0 Å². The molecule has 0 amide bonds. The van der Waals surface area contributed by atoms with Crippen LogP contribution in [-0.4, -0.2) is 6.54 Å². The second kappa shape index (κ2) is 8.39. The molecule has 18 heavy (non-hydrogen) atoms. The van der Waals surface area contributed by atoms with Crippen molar-refractivity contribution in [1.29, 1.82) is 0 Å². The van der Waals surface area contributed by atoms with E-state index in [1.807, 2.05) is 0 Å². The smallest absolute Gasteiger partial charge is 0.0141 e. The average molecular weight is 247 g/mol. The quantitative estimate of drug-likeness (QED) is 0.680. The highest BCUT2D eigenvalue weighted by molar-refractivity contribution is 5.30. The lowest BCUT2D eigenvalue weighted by Gasteiger charge is -2.12. The molecule has 1 N–H and O–H groups in total. The van der Waals surface area contributed by atoms with E-state index >= 15 is 0 Å². The Bertz CT molecular complexity index is 258. The maximum absolute atomic E-state index is 3.52. The summed E-state index contributed by atoms with van der Waals surface area (Å²) >= 11 is 0. The molecular formula is C17H29N. The van der Waals surface area contributed by atoms with E-state index in [0.29, 0.717) is 0 Å². The number of hydrogen-bond acceptors (Lipinski definition) is 1. The summed E-state index contributed by atoms with van der Waals surface area (Å²) in [7, 11) is 0. The van der Waals surface area contributed by atoms with Crippen LogP contribution in [0.15, 0.2) is 23.4 Å². The Kier molecular flexibility index (Phi) is 6.39. The second-order valence-electron chi connectivity index (χ2n) is 5.82. The SMILES string of the molecule is C1=C(/C2=C/NCCCCCC2)CCCCCCC/1. The highest BCUT2D eigenvalue weighted by Crippen LogP contribution is 2.26. The number of allylic oxidation sites excluding steroid dienone is 3. The molecule has 2 rings (SSSR count). The zero-order valence-electron chi connectivity index (χ0n) is 11.8. The van der Waals surface area contributed by atoms with Crippen LogP contribution < -0.4 is 5.32 Å². The van der Waals surface area contributed by atoms with E-state index in [-0.39, 0.29) is 0 Å². The van der Waals surface area contributed by atoms with Crippen LogP contribution in [-0.2, 0) is 0 Å². The Balaban J connectivity index is 1.99. The minimum atomic E-state index is 1.16. The summed E-state index contributed by atoms with van der Waals surface area (Å²) in [6.45, 7) is 1.16. The Labute approximate surface area is 113 Å². The molecule has 0 fully saturated rings. The molecule has 0 radical (unpaired) electrons. The normalized spacial score (nSPS) is 29.8. The van der Waals surface area contributed by atoms with E-state index in [2.05, 4.69) is 17.6 Å². The van der Waals surface area contributed by atoms with Gasteiger partial charge < -0.3 is 5.32 Å². The lowest BCUT2D eigenvalue weighted by Crippen LogP contribution is -2.08. The van der Waals surface area contributed by atoms with Crippen molar-refractivity contribution in [2.45, 2.75) is 77.0 Å². The molecule has 0 aromatic rings. The van der Waals surface area contributed by atoms with Crippen molar-refractivity contribution in [2.24, 2.45) is 0 Å². The molecule has 0 saturated heterocycles. The maximum Gasteiger partial charge on any atom is 0.0141 e. The predicted molar refractivity (Wildman–Crippen MR) is 79.6 cm³/mol. The van der Waals surface area contributed by atoms with Gasteiger partial charge in [0, 0.05) is 6.54 Å². The first-order valence-corrected chi connectivity index (χ1v) is 8.08. The summed E-state index contributed by atoms with van der Waals surface area (Å²) in [4.78, 5) is 0. The van der Waals surface area contributed by atoms with Gasteiger partial charge in [0.05, 0.1) is 0 Å². The third-order valence-corrected chi connectivity index (χ3v) is 4.25. The van der Waals surface area contributed by atoms with Crippen molar-refractivity contribution in [1.82, 2.24) is 5.32 Å². The van der Waals surface area contributed by atoms with Gasteiger partial charge in [-0.05, 0) is 62.3 Å². The topological polar surface area (TPSA) is 12.0 Å². The monoisotopic (exact) mass is 247 g/mol.